The fourth-order valence-electron chi connectivity index (χ4n) is 0.374. The quantitative estimate of drug-likeness (QED) is 0.419. The van der Waals surface area contributed by atoms with Gasteiger partial charge in [0.2, 0.25) is 0 Å². The highest BCUT2D eigenvalue weighted by Crippen LogP contribution is 2.00. The number of hydrogen-bond acceptors (Lipinski definition) is 2. The zero-order chi connectivity index (χ0) is 4.41. The van der Waals surface area contributed by atoms with Crippen LogP contribution in [0.1, 0.15) is 0 Å². The van der Waals surface area contributed by atoms with E-state index in [0.29, 0.717) is 6.32 Å². The number of hydrogen-bond donors (Lipinski definition) is 1. The van der Waals surface area contributed by atoms with E-state index >= 15 is 0 Å². The van der Waals surface area contributed by atoms with Crippen LogP contribution in [0.2, 0.25) is 6.32 Å². The Morgan fingerprint density at radius 2 is 2.67 bits per heavy atom. The van der Waals surface area contributed by atoms with Crippen LogP contribution in [0, 0.1) is 0 Å². The summed E-state index contributed by atoms with van der Waals surface area (Å²) in [5.41, 5.74) is 0. The average Bonchev–Trinajstić information content (AvgIpc) is 1.86. The van der Waals surface area contributed by atoms with Gasteiger partial charge in [-0.25, -0.2) is 0 Å². The first kappa shape index (κ1) is 3.74. The third kappa shape index (κ3) is 0.544. The lowest BCUT2D eigenvalue weighted by Gasteiger charge is -1.89. The third-order valence-corrected chi connectivity index (χ3v) is 0.670. The first-order valence-electron chi connectivity index (χ1n) is 1.88. The second-order valence-electron chi connectivity index (χ2n) is 1.20. The molecule has 1 rings (SSSR count). The second-order valence-corrected chi connectivity index (χ2v) is 1.20. The molecule has 0 aliphatic carbocycles. The van der Waals surface area contributed by atoms with Crippen LogP contribution in [0.3, 0.4) is 0 Å². The predicted molar refractivity (Wildman–Crippen MR) is 23.0 cm³/mol. The van der Waals surface area contributed by atoms with Crippen molar-refractivity contribution in [2.75, 3.05) is 0 Å². The normalized spacial score (nSPS) is 18.5. The van der Waals surface area contributed by atoms with E-state index in [4.69, 9.17) is 5.02 Å². The number of allylic oxidation sites excluding steroid dienone is 1. The summed E-state index contributed by atoms with van der Waals surface area (Å²) in [4.78, 5) is 0. The van der Waals surface area contributed by atoms with Crippen LogP contribution < -0.4 is 0 Å². The molecule has 0 unspecified atom stereocenters. The molecular formula is C3H5BO2. The summed E-state index contributed by atoms with van der Waals surface area (Å²) in [6.45, 7) is 0. The lowest BCUT2D eigenvalue weighted by Crippen LogP contribution is -2.06. The molecule has 0 atom stereocenters. The SMILES string of the molecule is OB1CC=CO1. The molecule has 3 heteroatoms. The lowest BCUT2D eigenvalue weighted by molar-refractivity contribution is 0.387. The lowest BCUT2D eigenvalue weighted by atomic mass is 9.88. The van der Waals surface area contributed by atoms with Gasteiger partial charge in [-0.2, -0.15) is 0 Å². The maximum Gasteiger partial charge on any atom is 0.526 e. The zero-order valence-electron chi connectivity index (χ0n) is 3.29. The molecule has 0 amide bonds. The summed E-state index contributed by atoms with van der Waals surface area (Å²) >= 11 is 0. The van der Waals surface area contributed by atoms with E-state index in [1.165, 1.54) is 6.26 Å². The Labute approximate surface area is 36.6 Å². The molecule has 0 bridgehead atoms. The van der Waals surface area contributed by atoms with Gasteiger partial charge in [-0.05, 0) is 0 Å². The zero-order valence-corrected chi connectivity index (χ0v) is 3.29. The van der Waals surface area contributed by atoms with E-state index in [1.54, 1.807) is 6.08 Å². The summed E-state index contributed by atoms with van der Waals surface area (Å²) in [6, 6.07) is 0. The fourth-order valence-corrected chi connectivity index (χ4v) is 0.374. The van der Waals surface area contributed by atoms with E-state index in [2.05, 4.69) is 4.65 Å². The summed E-state index contributed by atoms with van der Waals surface area (Å²) in [5.74, 6) is 0. The summed E-state index contributed by atoms with van der Waals surface area (Å²) in [6.07, 6.45) is 3.93. The van der Waals surface area contributed by atoms with Crippen LogP contribution in [0.5, 0.6) is 0 Å². The molecule has 0 aromatic rings. The second kappa shape index (κ2) is 1.35. The molecule has 0 spiro atoms. The molecule has 6 heavy (non-hydrogen) atoms. The Kier molecular flexibility index (Phi) is 0.840. The van der Waals surface area contributed by atoms with Gasteiger partial charge in [-0.3, -0.25) is 0 Å². The maximum atomic E-state index is 8.44. The Balaban J connectivity index is 2.32. The summed E-state index contributed by atoms with van der Waals surface area (Å²) < 4.78 is 4.53. The van der Waals surface area contributed by atoms with Gasteiger partial charge in [0.15, 0.2) is 0 Å². The van der Waals surface area contributed by atoms with Gasteiger partial charge in [0.25, 0.3) is 0 Å². The first-order valence-corrected chi connectivity index (χ1v) is 1.88. The third-order valence-electron chi connectivity index (χ3n) is 0.670. The summed E-state index contributed by atoms with van der Waals surface area (Å²) in [5, 5.41) is 8.44. The highest BCUT2D eigenvalue weighted by atomic mass is 16.5. The van der Waals surface area contributed by atoms with Crippen LogP contribution >= 0.6 is 0 Å². The molecule has 1 aliphatic heterocycles. The molecule has 0 aromatic carbocycles. The highest BCUT2D eigenvalue weighted by molar-refractivity contribution is 6.44. The molecule has 1 N–H and O–H groups in total. The monoisotopic (exact) mass is 84.0 g/mol. The minimum absolute atomic E-state index is 0.565. The fraction of sp³-hybridized carbons (Fsp3) is 0.333. The molecule has 0 saturated heterocycles. The van der Waals surface area contributed by atoms with Gasteiger partial charge < -0.3 is 9.68 Å². The van der Waals surface area contributed by atoms with E-state index in [1.807, 2.05) is 0 Å². The maximum absolute atomic E-state index is 8.44. The van der Waals surface area contributed by atoms with Crippen molar-refractivity contribution in [2.24, 2.45) is 0 Å². The Morgan fingerprint density at radius 3 is 2.83 bits per heavy atom. The topological polar surface area (TPSA) is 29.5 Å². The van der Waals surface area contributed by atoms with Gasteiger partial charge >= 0.3 is 7.12 Å². The van der Waals surface area contributed by atoms with Gasteiger partial charge in [0, 0.05) is 6.32 Å². The largest absolute Gasteiger partial charge is 0.542 e. The molecular weight excluding hydrogens is 78.8 g/mol. The van der Waals surface area contributed by atoms with E-state index in [0.717, 1.165) is 0 Å². The minimum Gasteiger partial charge on any atom is -0.542 e. The molecule has 2 nitrogen and oxygen atoms in total. The van der Waals surface area contributed by atoms with Crippen molar-refractivity contribution in [3.63, 3.8) is 0 Å². The molecule has 0 radical (unpaired) electrons. The van der Waals surface area contributed by atoms with Crippen molar-refractivity contribution >= 4 is 7.12 Å². The standard InChI is InChI=1S/C3H5BO2/c5-4-2-1-3-6-4/h1,3,5H,2H2. The van der Waals surface area contributed by atoms with Gasteiger partial charge in [0.1, 0.15) is 0 Å². The van der Waals surface area contributed by atoms with Crippen molar-refractivity contribution in [1.29, 1.82) is 0 Å². The predicted octanol–water partition coefficient (Wildman–Crippen LogP) is 0.0108. The number of rotatable bonds is 0. The van der Waals surface area contributed by atoms with Crippen molar-refractivity contribution < 1.29 is 9.68 Å². The molecule has 0 aromatic heterocycles. The molecule has 1 aliphatic rings. The van der Waals surface area contributed by atoms with Crippen molar-refractivity contribution in [2.45, 2.75) is 6.32 Å². The van der Waals surface area contributed by atoms with E-state index < -0.39 is 7.12 Å². The average molecular weight is 83.9 g/mol. The van der Waals surface area contributed by atoms with E-state index in [-0.39, 0.29) is 0 Å². The van der Waals surface area contributed by atoms with E-state index in [9.17, 15) is 0 Å². The highest BCUT2D eigenvalue weighted by Gasteiger charge is 2.13. The van der Waals surface area contributed by atoms with Crippen molar-refractivity contribution in [3.8, 4) is 0 Å². The molecule has 32 valence electrons. The Hall–Kier alpha value is -0.435. The van der Waals surface area contributed by atoms with Crippen molar-refractivity contribution in [3.05, 3.63) is 12.3 Å². The molecule has 1 heterocycles. The van der Waals surface area contributed by atoms with Gasteiger partial charge in [-0.1, -0.05) is 6.08 Å². The van der Waals surface area contributed by atoms with Crippen LogP contribution in [0.15, 0.2) is 12.3 Å². The first-order chi connectivity index (χ1) is 2.89. The van der Waals surface area contributed by atoms with Gasteiger partial charge in [-0.15, -0.1) is 0 Å². The van der Waals surface area contributed by atoms with Gasteiger partial charge in [0.05, 0.1) is 6.26 Å². The molecule has 0 fully saturated rings. The van der Waals surface area contributed by atoms with Crippen LogP contribution in [-0.2, 0) is 4.65 Å². The Bertz CT molecular complexity index is 63.2. The van der Waals surface area contributed by atoms with Crippen molar-refractivity contribution in [1.82, 2.24) is 0 Å². The Morgan fingerprint density at radius 1 is 1.83 bits per heavy atom. The minimum atomic E-state index is -0.565. The molecule has 0 saturated carbocycles. The van der Waals surface area contributed by atoms with Crippen LogP contribution in [-0.4, -0.2) is 12.1 Å². The summed E-state index contributed by atoms with van der Waals surface area (Å²) in [7, 11) is -0.565. The van der Waals surface area contributed by atoms with Crippen LogP contribution in [0.25, 0.3) is 0 Å². The smallest absolute Gasteiger partial charge is 0.526 e. The van der Waals surface area contributed by atoms with Crippen LogP contribution in [0.4, 0.5) is 0 Å².